The second-order valence-corrected chi connectivity index (χ2v) is 5.78. The predicted molar refractivity (Wildman–Crippen MR) is 73.4 cm³/mol. The highest BCUT2D eigenvalue weighted by atomic mass is 15.0. The lowest BCUT2D eigenvalue weighted by Crippen LogP contribution is -2.31. The van der Waals surface area contributed by atoms with Gasteiger partial charge in [-0.15, -0.1) is 0 Å². The normalized spacial score (nSPS) is 23.1. The minimum atomic E-state index is 0.481. The molecule has 1 saturated carbocycles. The van der Waals surface area contributed by atoms with Crippen molar-refractivity contribution in [2.75, 3.05) is 17.7 Å². The topological polar surface area (TPSA) is 37.0 Å². The van der Waals surface area contributed by atoms with Gasteiger partial charge in [-0.3, -0.25) is 0 Å². The number of hydrogen-bond donors (Lipinski definition) is 2. The molecule has 1 aliphatic carbocycles. The first-order valence-electron chi connectivity index (χ1n) is 6.49. The van der Waals surface area contributed by atoms with Crippen LogP contribution in [0, 0.1) is 5.41 Å². The molecule has 1 unspecified atom stereocenters. The van der Waals surface area contributed by atoms with Crippen LogP contribution < -0.4 is 10.6 Å². The number of hydrogen-bond acceptors (Lipinski definition) is 3. The second kappa shape index (κ2) is 4.94. The maximum atomic E-state index is 4.23. The Labute approximate surface area is 104 Å². The third-order valence-corrected chi connectivity index (χ3v) is 3.59. The standard InChI is InChI=1S/C14H23N3/c1-14(2)7-4-5-12(10-14)17-11-6-8-16-13(9-11)15-3/h6,8-9,12H,4-5,7,10H2,1-3H3,(H2,15,16,17). The second-order valence-electron chi connectivity index (χ2n) is 5.78. The summed E-state index contributed by atoms with van der Waals surface area (Å²) in [6, 6.07) is 4.72. The van der Waals surface area contributed by atoms with Crippen LogP contribution in [-0.2, 0) is 0 Å². The summed E-state index contributed by atoms with van der Waals surface area (Å²) in [5, 5.41) is 6.70. The minimum Gasteiger partial charge on any atom is -0.382 e. The maximum Gasteiger partial charge on any atom is 0.127 e. The molecule has 2 rings (SSSR count). The highest BCUT2D eigenvalue weighted by Crippen LogP contribution is 2.36. The van der Waals surface area contributed by atoms with Crippen molar-refractivity contribution < 1.29 is 0 Å². The van der Waals surface area contributed by atoms with Crippen molar-refractivity contribution in [3.8, 4) is 0 Å². The van der Waals surface area contributed by atoms with Crippen LogP contribution in [0.3, 0.4) is 0 Å². The fourth-order valence-electron chi connectivity index (χ4n) is 2.71. The number of aromatic nitrogens is 1. The molecule has 17 heavy (non-hydrogen) atoms. The van der Waals surface area contributed by atoms with E-state index < -0.39 is 0 Å². The van der Waals surface area contributed by atoms with Gasteiger partial charge in [0.25, 0.3) is 0 Å². The lowest BCUT2D eigenvalue weighted by atomic mass is 9.75. The highest BCUT2D eigenvalue weighted by molar-refractivity contribution is 5.52. The molecule has 0 bridgehead atoms. The number of rotatable bonds is 3. The van der Waals surface area contributed by atoms with Gasteiger partial charge in [0.15, 0.2) is 0 Å². The molecule has 1 fully saturated rings. The van der Waals surface area contributed by atoms with Crippen LogP contribution in [0.15, 0.2) is 18.3 Å². The monoisotopic (exact) mass is 233 g/mol. The lowest BCUT2D eigenvalue weighted by Gasteiger charge is -2.36. The van der Waals surface area contributed by atoms with Crippen LogP contribution in [0.5, 0.6) is 0 Å². The molecule has 3 heteroatoms. The zero-order chi connectivity index (χ0) is 12.3. The first-order valence-corrected chi connectivity index (χ1v) is 6.49. The SMILES string of the molecule is CNc1cc(NC2CCCC(C)(C)C2)ccn1. The molecule has 0 aliphatic heterocycles. The number of pyridine rings is 1. The van der Waals surface area contributed by atoms with Crippen molar-refractivity contribution in [1.29, 1.82) is 0 Å². The summed E-state index contributed by atoms with van der Waals surface area (Å²) < 4.78 is 0. The summed E-state index contributed by atoms with van der Waals surface area (Å²) in [5.74, 6) is 0.921. The van der Waals surface area contributed by atoms with Gasteiger partial charge in [-0.05, 0) is 30.7 Å². The van der Waals surface area contributed by atoms with E-state index >= 15 is 0 Å². The molecular formula is C14H23N3. The van der Waals surface area contributed by atoms with Gasteiger partial charge in [0, 0.05) is 31.0 Å². The van der Waals surface area contributed by atoms with E-state index in [0.29, 0.717) is 11.5 Å². The summed E-state index contributed by atoms with van der Waals surface area (Å²) in [4.78, 5) is 4.23. The van der Waals surface area contributed by atoms with Crippen molar-refractivity contribution in [2.24, 2.45) is 5.41 Å². The van der Waals surface area contributed by atoms with Crippen LogP contribution >= 0.6 is 0 Å². The molecule has 1 atom stereocenters. The molecule has 3 nitrogen and oxygen atoms in total. The summed E-state index contributed by atoms with van der Waals surface area (Å²) in [7, 11) is 1.90. The van der Waals surface area contributed by atoms with Crippen LogP contribution in [0.2, 0.25) is 0 Å². The molecule has 94 valence electrons. The molecule has 2 N–H and O–H groups in total. The Bertz CT molecular complexity index is 373. The van der Waals surface area contributed by atoms with Crippen LogP contribution in [-0.4, -0.2) is 18.1 Å². The van der Waals surface area contributed by atoms with E-state index in [1.165, 1.54) is 31.4 Å². The lowest BCUT2D eigenvalue weighted by molar-refractivity contribution is 0.229. The van der Waals surface area contributed by atoms with Gasteiger partial charge in [-0.1, -0.05) is 20.3 Å². The van der Waals surface area contributed by atoms with E-state index in [2.05, 4.69) is 35.5 Å². The average molecular weight is 233 g/mol. The number of nitrogens with zero attached hydrogens (tertiary/aromatic N) is 1. The van der Waals surface area contributed by atoms with Crippen molar-refractivity contribution in [3.05, 3.63) is 18.3 Å². The molecule has 1 aliphatic rings. The predicted octanol–water partition coefficient (Wildman–Crippen LogP) is 3.50. The van der Waals surface area contributed by atoms with Gasteiger partial charge in [0.05, 0.1) is 0 Å². The smallest absolute Gasteiger partial charge is 0.127 e. The van der Waals surface area contributed by atoms with E-state index in [0.717, 1.165) is 5.82 Å². The molecule has 1 aromatic rings. The Morgan fingerprint density at radius 1 is 1.41 bits per heavy atom. The Kier molecular flexibility index (Phi) is 3.55. The van der Waals surface area contributed by atoms with Gasteiger partial charge in [0.2, 0.25) is 0 Å². The maximum absolute atomic E-state index is 4.23. The van der Waals surface area contributed by atoms with E-state index in [4.69, 9.17) is 0 Å². The molecule has 0 spiro atoms. The fourth-order valence-corrected chi connectivity index (χ4v) is 2.71. The Balaban J connectivity index is 2.00. The summed E-state index contributed by atoms with van der Waals surface area (Å²) in [6.45, 7) is 4.73. The van der Waals surface area contributed by atoms with E-state index in [1.54, 1.807) is 0 Å². The average Bonchev–Trinajstić information content (AvgIpc) is 2.28. The zero-order valence-electron chi connectivity index (χ0n) is 11.1. The van der Waals surface area contributed by atoms with Gasteiger partial charge < -0.3 is 10.6 Å². The van der Waals surface area contributed by atoms with Crippen LogP contribution in [0.4, 0.5) is 11.5 Å². The van der Waals surface area contributed by atoms with Gasteiger partial charge >= 0.3 is 0 Å². The molecule has 0 radical (unpaired) electrons. The molecule has 0 amide bonds. The Morgan fingerprint density at radius 3 is 2.94 bits per heavy atom. The first-order chi connectivity index (χ1) is 8.09. The Hall–Kier alpha value is -1.25. The molecule has 1 heterocycles. The number of nitrogens with one attached hydrogen (secondary N) is 2. The molecular weight excluding hydrogens is 210 g/mol. The zero-order valence-corrected chi connectivity index (χ0v) is 11.1. The molecule has 0 saturated heterocycles. The van der Waals surface area contributed by atoms with E-state index in [1.807, 2.05) is 19.3 Å². The first kappa shape index (κ1) is 12.2. The summed E-state index contributed by atoms with van der Waals surface area (Å²) >= 11 is 0. The van der Waals surface area contributed by atoms with Crippen molar-refractivity contribution >= 4 is 11.5 Å². The summed E-state index contributed by atoms with van der Waals surface area (Å²) in [6.07, 6.45) is 7.06. The van der Waals surface area contributed by atoms with E-state index in [-0.39, 0.29) is 0 Å². The fraction of sp³-hybridized carbons (Fsp3) is 0.643. The van der Waals surface area contributed by atoms with Gasteiger partial charge in [-0.25, -0.2) is 4.98 Å². The van der Waals surface area contributed by atoms with Crippen molar-refractivity contribution in [2.45, 2.75) is 45.6 Å². The van der Waals surface area contributed by atoms with Gasteiger partial charge in [-0.2, -0.15) is 0 Å². The Morgan fingerprint density at radius 2 is 2.24 bits per heavy atom. The third kappa shape index (κ3) is 3.35. The van der Waals surface area contributed by atoms with Crippen LogP contribution in [0.25, 0.3) is 0 Å². The van der Waals surface area contributed by atoms with Crippen molar-refractivity contribution in [3.63, 3.8) is 0 Å². The molecule has 1 aromatic heterocycles. The third-order valence-electron chi connectivity index (χ3n) is 3.59. The quantitative estimate of drug-likeness (QED) is 0.839. The highest BCUT2D eigenvalue weighted by Gasteiger charge is 2.27. The number of anilines is 2. The van der Waals surface area contributed by atoms with Crippen LogP contribution in [0.1, 0.15) is 39.5 Å². The molecule has 0 aromatic carbocycles. The minimum absolute atomic E-state index is 0.481. The van der Waals surface area contributed by atoms with E-state index in [9.17, 15) is 0 Å². The largest absolute Gasteiger partial charge is 0.382 e. The van der Waals surface area contributed by atoms with Crippen molar-refractivity contribution in [1.82, 2.24) is 4.98 Å². The summed E-state index contributed by atoms with van der Waals surface area (Å²) in [5.41, 5.74) is 1.65. The van der Waals surface area contributed by atoms with Gasteiger partial charge in [0.1, 0.15) is 5.82 Å².